The molecule has 2 rings (SSSR count). The Morgan fingerprint density at radius 3 is 2.32 bits per heavy atom. The maximum absolute atomic E-state index is 12.5. The Labute approximate surface area is 169 Å². The van der Waals surface area contributed by atoms with Crippen molar-refractivity contribution in [3.05, 3.63) is 70.7 Å². The fourth-order valence-electron chi connectivity index (χ4n) is 2.57. The van der Waals surface area contributed by atoms with Crippen LogP contribution in [-0.4, -0.2) is 42.9 Å². The zero-order valence-electron chi connectivity index (χ0n) is 15.7. The van der Waals surface area contributed by atoms with Gasteiger partial charge < -0.3 is 15.0 Å². The lowest BCUT2D eigenvalue weighted by atomic mass is 10.1. The van der Waals surface area contributed by atoms with Gasteiger partial charge in [0.2, 0.25) is 11.8 Å². The third-order valence-electron chi connectivity index (χ3n) is 4.06. The highest BCUT2D eigenvalue weighted by Crippen LogP contribution is 2.12. The van der Waals surface area contributed by atoms with Crippen molar-refractivity contribution in [2.75, 3.05) is 20.2 Å². The predicted octanol–water partition coefficient (Wildman–Crippen LogP) is 2.59. The van der Waals surface area contributed by atoms with Crippen LogP contribution in [0.3, 0.4) is 0 Å². The van der Waals surface area contributed by atoms with Gasteiger partial charge in [-0.1, -0.05) is 54.1 Å². The molecule has 2 amide bonds. The Bertz CT molecular complexity index is 794. The highest BCUT2D eigenvalue weighted by atomic mass is 35.5. The van der Waals surface area contributed by atoms with Gasteiger partial charge in [-0.25, -0.2) is 0 Å². The van der Waals surface area contributed by atoms with Gasteiger partial charge in [0, 0.05) is 24.5 Å². The van der Waals surface area contributed by atoms with Gasteiger partial charge in [-0.2, -0.15) is 0 Å². The maximum atomic E-state index is 12.5. The van der Waals surface area contributed by atoms with Gasteiger partial charge in [-0.15, -0.1) is 0 Å². The van der Waals surface area contributed by atoms with E-state index in [4.69, 9.17) is 11.6 Å². The van der Waals surface area contributed by atoms with Crippen LogP contribution in [0.15, 0.2) is 54.6 Å². The molecule has 1 N–H and O–H groups in total. The van der Waals surface area contributed by atoms with Crippen LogP contribution in [-0.2, 0) is 32.1 Å². The Hall–Kier alpha value is -2.86. The standard InChI is InChI=1S/C21H23ClN2O4/c1-28-21(27)15-24(14-17-7-9-18(22)10-8-17)20(26)11-12-23-19(25)13-16-5-3-2-4-6-16/h2-10H,11-15H2,1H3,(H,23,25). The van der Waals surface area contributed by atoms with Crippen molar-refractivity contribution in [1.82, 2.24) is 10.2 Å². The van der Waals surface area contributed by atoms with Gasteiger partial charge in [0.05, 0.1) is 13.5 Å². The fourth-order valence-corrected chi connectivity index (χ4v) is 2.70. The third-order valence-corrected chi connectivity index (χ3v) is 4.31. The first-order chi connectivity index (χ1) is 13.5. The Morgan fingerprint density at radius 2 is 1.68 bits per heavy atom. The number of rotatable bonds is 9. The smallest absolute Gasteiger partial charge is 0.325 e. The number of carbonyl (C=O) groups excluding carboxylic acids is 3. The largest absolute Gasteiger partial charge is 0.468 e. The molecule has 0 aliphatic carbocycles. The summed E-state index contributed by atoms with van der Waals surface area (Å²) in [5.41, 5.74) is 1.75. The topological polar surface area (TPSA) is 75.7 Å². The summed E-state index contributed by atoms with van der Waals surface area (Å²) < 4.78 is 4.67. The molecule has 2 aromatic rings. The van der Waals surface area contributed by atoms with Crippen molar-refractivity contribution >= 4 is 29.4 Å². The van der Waals surface area contributed by atoms with E-state index in [1.54, 1.807) is 24.3 Å². The Balaban J connectivity index is 1.87. The van der Waals surface area contributed by atoms with E-state index in [-0.39, 0.29) is 44.3 Å². The first-order valence-corrected chi connectivity index (χ1v) is 9.25. The van der Waals surface area contributed by atoms with Crippen LogP contribution in [0, 0.1) is 0 Å². The van der Waals surface area contributed by atoms with Crippen LogP contribution in [0.2, 0.25) is 5.02 Å². The number of hydrogen-bond donors (Lipinski definition) is 1. The zero-order valence-corrected chi connectivity index (χ0v) is 16.4. The summed E-state index contributed by atoms with van der Waals surface area (Å²) in [5.74, 6) is -0.910. The molecule has 0 saturated carbocycles. The maximum Gasteiger partial charge on any atom is 0.325 e. The number of carbonyl (C=O) groups is 3. The molecule has 148 valence electrons. The van der Waals surface area contributed by atoms with Gasteiger partial charge in [-0.3, -0.25) is 14.4 Å². The molecule has 0 unspecified atom stereocenters. The highest BCUT2D eigenvalue weighted by Gasteiger charge is 2.18. The average molecular weight is 403 g/mol. The average Bonchev–Trinajstić information content (AvgIpc) is 2.69. The second-order valence-electron chi connectivity index (χ2n) is 6.21. The molecule has 28 heavy (non-hydrogen) atoms. The summed E-state index contributed by atoms with van der Waals surface area (Å²) in [6.45, 7) is 0.293. The summed E-state index contributed by atoms with van der Waals surface area (Å²) in [4.78, 5) is 37.6. The van der Waals surface area contributed by atoms with Crippen molar-refractivity contribution in [2.24, 2.45) is 0 Å². The summed E-state index contributed by atoms with van der Waals surface area (Å²) in [6.07, 6.45) is 0.344. The summed E-state index contributed by atoms with van der Waals surface area (Å²) >= 11 is 5.88. The first-order valence-electron chi connectivity index (χ1n) is 8.87. The molecule has 0 atom stereocenters. The number of nitrogens with zero attached hydrogens (tertiary/aromatic N) is 1. The molecule has 6 nitrogen and oxygen atoms in total. The van der Waals surface area contributed by atoms with Crippen molar-refractivity contribution in [2.45, 2.75) is 19.4 Å². The number of amides is 2. The molecular formula is C21H23ClN2O4. The van der Waals surface area contributed by atoms with E-state index in [1.165, 1.54) is 12.0 Å². The molecule has 0 heterocycles. The number of nitrogens with one attached hydrogen (secondary N) is 1. The van der Waals surface area contributed by atoms with Gasteiger partial charge in [0.1, 0.15) is 6.54 Å². The first kappa shape index (κ1) is 21.4. The molecular weight excluding hydrogens is 380 g/mol. The minimum absolute atomic E-state index is 0.0884. The monoisotopic (exact) mass is 402 g/mol. The second kappa shape index (κ2) is 11.1. The normalized spacial score (nSPS) is 10.2. The number of methoxy groups -OCH3 is 1. The number of esters is 1. The van der Waals surface area contributed by atoms with Crippen molar-refractivity contribution in [3.8, 4) is 0 Å². The number of halogens is 1. The quantitative estimate of drug-likeness (QED) is 0.654. The summed E-state index contributed by atoms with van der Waals surface area (Å²) in [5, 5.41) is 3.33. The lowest BCUT2D eigenvalue weighted by Gasteiger charge is -2.22. The third kappa shape index (κ3) is 7.40. The summed E-state index contributed by atoms with van der Waals surface area (Å²) in [6, 6.07) is 16.4. The van der Waals surface area contributed by atoms with Gasteiger partial charge >= 0.3 is 5.97 Å². The molecule has 0 aromatic heterocycles. The number of ether oxygens (including phenoxy) is 1. The molecule has 7 heteroatoms. The van der Waals surface area contributed by atoms with Crippen LogP contribution < -0.4 is 5.32 Å². The van der Waals surface area contributed by atoms with E-state index in [0.29, 0.717) is 5.02 Å². The van der Waals surface area contributed by atoms with E-state index < -0.39 is 5.97 Å². The lowest BCUT2D eigenvalue weighted by Crippen LogP contribution is -2.38. The number of benzene rings is 2. The highest BCUT2D eigenvalue weighted by molar-refractivity contribution is 6.30. The van der Waals surface area contributed by atoms with Crippen LogP contribution in [0.25, 0.3) is 0 Å². The Kier molecular flexibility index (Phi) is 8.49. The lowest BCUT2D eigenvalue weighted by molar-refractivity contribution is -0.147. The minimum Gasteiger partial charge on any atom is -0.468 e. The van der Waals surface area contributed by atoms with E-state index >= 15 is 0 Å². The van der Waals surface area contributed by atoms with E-state index in [1.807, 2.05) is 30.3 Å². The molecule has 0 aliphatic rings. The van der Waals surface area contributed by atoms with E-state index in [2.05, 4.69) is 10.1 Å². The molecule has 0 spiro atoms. The molecule has 2 aromatic carbocycles. The van der Waals surface area contributed by atoms with Crippen LogP contribution >= 0.6 is 11.6 Å². The van der Waals surface area contributed by atoms with E-state index in [9.17, 15) is 14.4 Å². The van der Waals surface area contributed by atoms with Crippen molar-refractivity contribution < 1.29 is 19.1 Å². The van der Waals surface area contributed by atoms with Gasteiger partial charge in [0.15, 0.2) is 0 Å². The minimum atomic E-state index is -0.504. The molecule has 0 radical (unpaired) electrons. The molecule has 0 bridgehead atoms. The molecule has 0 aliphatic heterocycles. The van der Waals surface area contributed by atoms with Crippen LogP contribution in [0.4, 0.5) is 0 Å². The zero-order chi connectivity index (χ0) is 20.4. The fraction of sp³-hybridized carbons (Fsp3) is 0.286. The van der Waals surface area contributed by atoms with Crippen LogP contribution in [0.1, 0.15) is 17.5 Å². The van der Waals surface area contributed by atoms with Crippen molar-refractivity contribution in [1.29, 1.82) is 0 Å². The van der Waals surface area contributed by atoms with Crippen molar-refractivity contribution in [3.63, 3.8) is 0 Å². The van der Waals surface area contributed by atoms with E-state index in [0.717, 1.165) is 11.1 Å². The molecule has 0 saturated heterocycles. The number of hydrogen-bond acceptors (Lipinski definition) is 4. The summed E-state index contributed by atoms with van der Waals surface area (Å²) in [7, 11) is 1.27. The molecule has 0 fully saturated rings. The predicted molar refractivity (Wildman–Crippen MR) is 107 cm³/mol. The van der Waals surface area contributed by atoms with Crippen LogP contribution in [0.5, 0.6) is 0 Å². The van der Waals surface area contributed by atoms with Gasteiger partial charge in [-0.05, 0) is 23.3 Å². The van der Waals surface area contributed by atoms with Gasteiger partial charge in [0.25, 0.3) is 0 Å². The Morgan fingerprint density at radius 1 is 1.00 bits per heavy atom. The SMILES string of the molecule is COC(=O)CN(Cc1ccc(Cl)cc1)C(=O)CCNC(=O)Cc1ccccc1. The second-order valence-corrected chi connectivity index (χ2v) is 6.65.